The Labute approximate surface area is 47.8 Å². The molecule has 1 aliphatic heterocycles. The lowest BCUT2D eigenvalue weighted by Crippen LogP contribution is -2.30. The summed E-state index contributed by atoms with van der Waals surface area (Å²) in [4.78, 5) is 9.56. The summed E-state index contributed by atoms with van der Waals surface area (Å²) in [7, 11) is 0. The molecule has 1 saturated heterocycles. The third kappa shape index (κ3) is 1.16. The van der Waals surface area contributed by atoms with Gasteiger partial charge in [-0.2, -0.15) is 0 Å². The van der Waals surface area contributed by atoms with E-state index >= 15 is 0 Å². The summed E-state index contributed by atoms with van der Waals surface area (Å²) >= 11 is 0. The molecule has 1 N–H and O–H groups in total. The second-order valence-corrected chi connectivity index (χ2v) is 1.89. The van der Waals surface area contributed by atoms with Gasteiger partial charge in [0, 0.05) is 13.1 Å². The van der Waals surface area contributed by atoms with E-state index in [0.29, 0.717) is 0 Å². The van der Waals surface area contributed by atoms with Crippen LogP contribution in [0.4, 0.5) is 0 Å². The van der Waals surface area contributed by atoms with Gasteiger partial charge < -0.3 is 0 Å². The van der Waals surface area contributed by atoms with Gasteiger partial charge in [0.2, 0.25) is 0 Å². The molecule has 4 heteroatoms. The maximum Gasteiger partial charge on any atom is 0.0658 e. The van der Waals surface area contributed by atoms with Crippen LogP contribution in [0.1, 0.15) is 12.8 Å². The number of hydrazine groups is 1. The number of hydrogen-bond donors (Lipinski definition) is 1. The molecule has 8 heavy (non-hydrogen) atoms. The lowest BCUT2D eigenvalue weighted by atomic mass is 10.4. The summed E-state index contributed by atoms with van der Waals surface area (Å²) in [6, 6.07) is 0. The van der Waals surface area contributed by atoms with Crippen molar-refractivity contribution in [3.8, 4) is 0 Å². The molecule has 0 amide bonds. The first-order chi connectivity index (χ1) is 3.93. The second-order valence-electron chi connectivity index (χ2n) is 1.89. The van der Waals surface area contributed by atoms with Crippen LogP contribution >= 0.6 is 0 Å². The quantitative estimate of drug-likeness (QED) is 0.415. The molecular formula is C4H9N3O. The van der Waals surface area contributed by atoms with Gasteiger partial charge >= 0.3 is 0 Å². The molecule has 0 aromatic carbocycles. The van der Waals surface area contributed by atoms with Gasteiger partial charge in [0.1, 0.15) is 0 Å². The Balaban J connectivity index is 2.14. The predicted molar refractivity (Wildman–Crippen MR) is 29.7 cm³/mol. The molecule has 1 aliphatic rings. The van der Waals surface area contributed by atoms with E-state index in [9.17, 15) is 4.91 Å². The summed E-state index contributed by atoms with van der Waals surface area (Å²) in [6.45, 7) is 1.90. The lowest BCUT2D eigenvalue weighted by Gasteiger charge is -2.08. The van der Waals surface area contributed by atoms with Crippen LogP contribution in [-0.4, -0.2) is 18.1 Å². The van der Waals surface area contributed by atoms with E-state index in [0.717, 1.165) is 13.1 Å². The van der Waals surface area contributed by atoms with E-state index < -0.39 is 0 Å². The molecule has 0 aliphatic carbocycles. The fourth-order valence-electron chi connectivity index (χ4n) is 0.875. The van der Waals surface area contributed by atoms with E-state index in [1.165, 1.54) is 12.8 Å². The molecule has 0 spiro atoms. The summed E-state index contributed by atoms with van der Waals surface area (Å²) in [6.07, 6.45) is 2.34. The maximum atomic E-state index is 9.56. The molecule has 46 valence electrons. The van der Waals surface area contributed by atoms with E-state index in [-0.39, 0.29) is 0 Å². The lowest BCUT2D eigenvalue weighted by molar-refractivity contribution is 0.240. The molecule has 1 rings (SSSR count). The Morgan fingerprint density at radius 2 is 2.00 bits per heavy atom. The highest BCUT2D eigenvalue weighted by Crippen LogP contribution is 2.02. The van der Waals surface area contributed by atoms with Crippen LogP contribution in [-0.2, 0) is 0 Å². The van der Waals surface area contributed by atoms with Gasteiger partial charge in [-0.05, 0) is 12.8 Å². The van der Waals surface area contributed by atoms with Crippen molar-refractivity contribution in [3.05, 3.63) is 4.91 Å². The maximum absolute atomic E-state index is 9.56. The summed E-state index contributed by atoms with van der Waals surface area (Å²) in [5.74, 6) is 0. The van der Waals surface area contributed by atoms with Crippen molar-refractivity contribution in [2.45, 2.75) is 12.8 Å². The van der Waals surface area contributed by atoms with Crippen LogP contribution in [0.25, 0.3) is 0 Å². The average Bonchev–Trinajstić information content (AvgIpc) is 2.19. The van der Waals surface area contributed by atoms with E-state index in [4.69, 9.17) is 0 Å². The van der Waals surface area contributed by atoms with E-state index in [1.807, 2.05) is 5.01 Å². The molecule has 0 bridgehead atoms. The third-order valence-electron chi connectivity index (χ3n) is 1.29. The zero-order valence-electron chi connectivity index (χ0n) is 4.63. The Morgan fingerprint density at radius 3 is 2.50 bits per heavy atom. The number of nitroso groups, excluding NO2 is 1. The summed E-state index contributed by atoms with van der Waals surface area (Å²) in [5.41, 5.74) is 2.35. The van der Waals surface area contributed by atoms with Gasteiger partial charge in [0.05, 0.1) is 5.29 Å². The van der Waals surface area contributed by atoms with Gasteiger partial charge in [0.15, 0.2) is 0 Å². The van der Waals surface area contributed by atoms with Gasteiger partial charge in [0.25, 0.3) is 0 Å². The van der Waals surface area contributed by atoms with Crippen molar-refractivity contribution in [2.24, 2.45) is 5.29 Å². The Kier molecular flexibility index (Phi) is 1.80. The van der Waals surface area contributed by atoms with Gasteiger partial charge in [-0.3, -0.25) is 0 Å². The van der Waals surface area contributed by atoms with Gasteiger partial charge in [-0.15, -0.1) is 4.91 Å². The fraction of sp³-hybridized carbons (Fsp3) is 1.00. The monoisotopic (exact) mass is 115 g/mol. The minimum absolute atomic E-state index is 0.950. The van der Waals surface area contributed by atoms with Crippen molar-refractivity contribution < 1.29 is 0 Å². The summed E-state index contributed by atoms with van der Waals surface area (Å²) in [5, 5.41) is 4.36. The number of hydrogen-bond acceptors (Lipinski definition) is 3. The largest absolute Gasteiger partial charge is 0.205 e. The molecule has 0 atom stereocenters. The van der Waals surface area contributed by atoms with Crippen LogP contribution < -0.4 is 5.53 Å². The van der Waals surface area contributed by atoms with Crippen molar-refractivity contribution in [1.29, 1.82) is 0 Å². The second kappa shape index (κ2) is 2.61. The van der Waals surface area contributed by atoms with Crippen LogP contribution in [0.5, 0.6) is 0 Å². The molecule has 0 aromatic rings. The van der Waals surface area contributed by atoms with Gasteiger partial charge in [-0.25, -0.2) is 10.5 Å². The molecule has 1 fully saturated rings. The minimum atomic E-state index is 0.950. The fourth-order valence-corrected chi connectivity index (χ4v) is 0.875. The SMILES string of the molecule is O=NNN1CCCC1. The van der Waals surface area contributed by atoms with Crippen LogP contribution in [0, 0.1) is 4.91 Å². The number of nitrogens with one attached hydrogen (secondary N) is 1. The van der Waals surface area contributed by atoms with Crippen LogP contribution in [0.15, 0.2) is 5.29 Å². The molecular weight excluding hydrogens is 106 g/mol. The van der Waals surface area contributed by atoms with Crippen LogP contribution in [0.2, 0.25) is 0 Å². The molecule has 4 nitrogen and oxygen atoms in total. The van der Waals surface area contributed by atoms with E-state index in [1.54, 1.807) is 0 Å². The molecule has 0 unspecified atom stereocenters. The third-order valence-corrected chi connectivity index (χ3v) is 1.29. The summed E-state index contributed by atoms with van der Waals surface area (Å²) < 4.78 is 0. The van der Waals surface area contributed by atoms with Crippen molar-refractivity contribution in [3.63, 3.8) is 0 Å². The molecule has 1 heterocycles. The number of rotatable bonds is 2. The Hall–Kier alpha value is -0.640. The first-order valence-electron chi connectivity index (χ1n) is 2.76. The van der Waals surface area contributed by atoms with Crippen LogP contribution in [0.3, 0.4) is 0 Å². The normalized spacial score (nSPS) is 21.0. The predicted octanol–water partition coefficient (Wildman–Crippen LogP) is 0.268. The Bertz CT molecular complexity index is 79.4. The van der Waals surface area contributed by atoms with Crippen molar-refractivity contribution >= 4 is 0 Å². The zero-order valence-corrected chi connectivity index (χ0v) is 4.63. The number of nitrogens with zero attached hydrogens (tertiary/aromatic N) is 2. The highest BCUT2D eigenvalue weighted by atomic mass is 16.3. The molecule has 0 aromatic heterocycles. The van der Waals surface area contributed by atoms with Gasteiger partial charge in [-0.1, -0.05) is 0 Å². The standard InChI is InChI=1S/C4H9N3O/c8-6-5-7-3-1-2-4-7/h1-4H2,(H,5,8). The highest BCUT2D eigenvalue weighted by Gasteiger charge is 2.09. The minimum Gasteiger partial charge on any atom is -0.205 e. The van der Waals surface area contributed by atoms with Crippen molar-refractivity contribution in [2.75, 3.05) is 13.1 Å². The van der Waals surface area contributed by atoms with E-state index in [2.05, 4.69) is 10.8 Å². The molecule has 0 radical (unpaired) electrons. The highest BCUT2D eigenvalue weighted by molar-refractivity contribution is 4.59. The Morgan fingerprint density at radius 1 is 1.38 bits per heavy atom. The average molecular weight is 115 g/mol. The molecule has 0 saturated carbocycles. The first kappa shape index (κ1) is 5.50. The smallest absolute Gasteiger partial charge is 0.0658 e. The first-order valence-corrected chi connectivity index (χ1v) is 2.76. The zero-order chi connectivity index (χ0) is 5.82. The van der Waals surface area contributed by atoms with Crippen molar-refractivity contribution in [1.82, 2.24) is 10.5 Å². The topological polar surface area (TPSA) is 44.7 Å².